The van der Waals surface area contributed by atoms with Crippen molar-refractivity contribution < 1.29 is 9.59 Å². The highest BCUT2D eigenvalue weighted by atomic mass is 16.2. The predicted octanol–water partition coefficient (Wildman–Crippen LogP) is 2.62. The quantitative estimate of drug-likeness (QED) is 0.841. The van der Waals surface area contributed by atoms with E-state index in [0.717, 1.165) is 11.3 Å². The molecule has 18 heavy (non-hydrogen) atoms. The number of carbonyl (C=O) groups excluding carboxylic acids is 2. The summed E-state index contributed by atoms with van der Waals surface area (Å²) in [5.41, 5.74) is 1.80. The summed E-state index contributed by atoms with van der Waals surface area (Å²) in [7, 11) is 0. The molecule has 0 heterocycles. The lowest BCUT2D eigenvalue weighted by atomic mass is 10.1. The zero-order chi connectivity index (χ0) is 13.5. The van der Waals surface area contributed by atoms with Gasteiger partial charge in [-0.05, 0) is 24.6 Å². The number of anilines is 1. The molecule has 0 saturated carbocycles. The summed E-state index contributed by atoms with van der Waals surface area (Å²) in [6.07, 6.45) is 0.944. The van der Waals surface area contributed by atoms with Crippen LogP contribution in [0.25, 0.3) is 0 Å². The molecule has 1 rings (SSSR count). The lowest BCUT2D eigenvalue weighted by molar-refractivity contribution is -0.121. The van der Waals surface area contributed by atoms with Gasteiger partial charge in [-0.2, -0.15) is 0 Å². The van der Waals surface area contributed by atoms with Crippen LogP contribution in [0.5, 0.6) is 0 Å². The SMILES string of the molecule is CCC(=O)Nc1ccc(C(C)NC(=O)CC)cc1. The van der Waals surface area contributed by atoms with Crippen LogP contribution in [0.2, 0.25) is 0 Å². The van der Waals surface area contributed by atoms with E-state index in [4.69, 9.17) is 0 Å². The summed E-state index contributed by atoms with van der Waals surface area (Å²) < 4.78 is 0. The van der Waals surface area contributed by atoms with E-state index in [1.165, 1.54) is 0 Å². The molecular formula is C14H20N2O2. The molecule has 0 spiro atoms. The van der Waals surface area contributed by atoms with Crippen molar-refractivity contribution in [3.05, 3.63) is 29.8 Å². The van der Waals surface area contributed by atoms with Crippen LogP contribution in [0, 0.1) is 0 Å². The van der Waals surface area contributed by atoms with Gasteiger partial charge in [-0.25, -0.2) is 0 Å². The number of nitrogens with one attached hydrogen (secondary N) is 2. The molecule has 0 aliphatic carbocycles. The van der Waals surface area contributed by atoms with Gasteiger partial charge in [0.05, 0.1) is 6.04 Å². The Balaban J connectivity index is 2.64. The van der Waals surface area contributed by atoms with Gasteiger partial charge in [0.1, 0.15) is 0 Å². The molecule has 1 unspecified atom stereocenters. The molecule has 0 aliphatic heterocycles. The molecule has 0 saturated heterocycles. The average molecular weight is 248 g/mol. The highest BCUT2D eigenvalue weighted by Gasteiger charge is 2.08. The molecule has 1 aromatic carbocycles. The minimum atomic E-state index is -0.0200. The molecule has 0 bridgehead atoms. The normalized spacial score (nSPS) is 11.7. The summed E-state index contributed by atoms with van der Waals surface area (Å²) >= 11 is 0. The van der Waals surface area contributed by atoms with Crippen molar-refractivity contribution in [2.75, 3.05) is 5.32 Å². The second-order valence-electron chi connectivity index (χ2n) is 4.17. The maximum absolute atomic E-state index is 11.3. The molecule has 4 heteroatoms. The second kappa shape index (κ2) is 6.79. The highest BCUT2D eigenvalue weighted by molar-refractivity contribution is 5.90. The second-order valence-corrected chi connectivity index (χ2v) is 4.17. The number of rotatable bonds is 5. The topological polar surface area (TPSA) is 58.2 Å². The number of hydrogen-bond acceptors (Lipinski definition) is 2. The number of hydrogen-bond donors (Lipinski definition) is 2. The first-order valence-electron chi connectivity index (χ1n) is 6.26. The van der Waals surface area contributed by atoms with Gasteiger partial charge in [0.15, 0.2) is 0 Å². The minimum absolute atomic E-state index is 0.00455. The molecule has 2 N–H and O–H groups in total. The molecule has 4 nitrogen and oxygen atoms in total. The van der Waals surface area contributed by atoms with E-state index in [9.17, 15) is 9.59 Å². The van der Waals surface area contributed by atoms with E-state index in [0.29, 0.717) is 12.8 Å². The Bertz CT molecular complexity index is 412. The fourth-order valence-electron chi connectivity index (χ4n) is 1.53. The van der Waals surface area contributed by atoms with Crippen molar-refractivity contribution >= 4 is 17.5 Å². The van der Waals surface area contributed by atoms with Crippen LogP contribution in [0.15, 0.2) is 24.3 Å². The Labute approximate surface area is 108 Å². The molecular weight excluding hydrogens is 228 g/mol. The smallest absolute Gasteiger partial charge is 0.224 e. The first-order chi connectivity index (χ1) is 8.56. The van der Waals surface area contributed by atoms with Crippen molar-refractivity contribution in [1.82, 2.24) is 5.32 Å². The van der Waals surface area contributed by atoms with E-state index in [-0.39, 0.29) is 17.9 Å². The van der Waals surface area contributed by atoms with E-state index in [2.05, 4.69) is 10.6 Å². The standard InChI is InChI=1S/C14H20N2O2/c1-4-13(17)15-10(3)11-6-8-12(9-7-11)16-14(18)5-2/h6-10H,4-5H2,1-3H3,(H,15,17)(H,16,18). The van der Waals surface area contributed by atoms with Crippen LogP contribution >= 0.6 is 0 Å². The van der Waals surface area contributed by atoms with Crippen LogP contribution in [-0.4, -0.2) is 11.8 Å². The van der Waals surface area contributed by atoms with Crippen molar-refractivity contribution in [2.45, 2.75) is 39.7 Å². The third-order valence-corrected chi connectivity index (χ3v) is 2.71. The van der Waals surface area contributed by atoms with Crippen molar-refractivity contribution in [1.29, 1.82) is 0 Å². The molecule has 0 radical (unpaired) electrons. The van der Waals surface area contributed by atoms with Crippen molar-refractivity contribution in [3.63, 3.8) is 0 Å². The summed E-state index contributed by atoms with van der Waals surface area (Å²) in [6.45, 7) is 5.57. The number of carbonyl (C=O) groups is 2. The largest absolute Gasteiger partial charge is 0.350 e. The Morgan fingerprint density at radius 3 is 2.11 bits per heavy atom. The third-order valence-electron chi connectivity index (χ3n) is 2.71. The summed E-state index contributed by atoms with van der Waals surface area (Å²) in [5.74, 6) is 0.0287. The predicted molar refractivity (Wildman–Crippen MR) is 72.2 cm³/mol. The molecule has 0 aromatic heterocycles. The molecule has 1 atom stereocenters. The Morgan fingerprint density at radius 2 is 1.61 bits per heavy atom. The van der Waals surface area contributed by atoms with Gasteiger partial charge < -0.3 is 10.6 Å². The first-order valence-corrected chi connectivity index (χ1v) is 6.26. The summed E-state index contributed by atoms with van der Waals surface area (Å²) in [4.78, 5) is 22.5. The van der Waals surface area contributed by atoms with Gasteiger partial charge in [0.25, 0.3) is 0 Å². The van der Waals surface area contributed by atoms with E-state index < -0.39 is 0 Å². The first kappa shape index (κ1) is 14.2. The zero-order valence-electron chi connectivity index (χ0n) is 11.1. The van der Waals surface area contributed by atoms with Crippen molar-refractivity contribution in [3.8, 4) is 0 Å². The molecule has 0 aliphatic rings. The fourth-order valence-corrected chi connectivity index (χ4v) is 1.53. The number of benzene rings is 1. The van der Waals surface area contributed by atoms with Gasteiger partial charge in [-0.15, -0.1) is 0 Å². The van der Waals surface area contributed by atoms with Crippen LogP contribution < -0.4 is 10.6 Å². The Kier molecular flexibility index (Phi) is 5.36. The van der Waals surface area contributed by atoms with Gasteiger partial charge >= 0.3 is 0 Å². The minimum Gasteiger partial charge on any atom is -0.350 e. The van der Waals surface area contributed by atoms with Crippen LogP contribution in [0.1, 0.15) is 45.2 Å². The summed E-state index contributed by atoms with van der Waals surface area (Å²) in [5, 5.41) is 5.67. The molecule has 2 amide bonds. The number of amides is 2. The third kappa shape index (κ3) is 4.20. The Morgan fingerprint density at radius 1 is 1.06 bits per heavy atom. The van der Waals surface area contributed by atoms with E-state index >= 15 is 0 Å². The van der Waals surface area contributed by atoms with Gasteiger partial charge in [-0.1, -0.05) is 26.0 Å². The van der Waals surface area contributed by atoms with Gasteiger partial charge in [0.2, 0.25) is 11.8 Å². The Hall–Kier alpha value is -1.84. The van der Waals surface area contributed by atoms with E-state index in [1.54, 1.807) is 0 Å². The maximum Gasteiger partial charge on any atom is 0.224 e. The summed E-state index contributed by atoms with van der Waals surface area (Å²) in [6, 6.07) is 7.49. The monoisotopic (exact) mass is 248 g/mol. The highest BCUT2D eigenvalue weighted by Crippen LogP contribution is 2.16. The maximum atomic E-state index is 11.3. The fraction of sp³-hybridized carbons (Fsp3) is 0.429. The van der Waals surface area contributed by atoms with Crippen LogP contribution in [0.4, 0.5) is 5.69 Å². The molecule has 98 valence electrons. The van der Waals surface area contributed by atoms with Crippen molar-refractivity contribution in [2.24, 2.45) is 0 Å². The van der Waals surface area contributed by atoms with Crippen LogP contribution in [0.3, 0.4) is 0 Å². The zero-order valence-corrected chi connectivity index (χ0v) is 11.1. The lowest BCUT2D eigenvalue weighted by Crippen LogP contribution is -2.25. The van der Waals surface area contributed by atoms with Crippen LogP contribution in [-0.2, 0) is 9.59 Å². The van der Waals surface area contributed by atoms with E-state index in [1.807, 2.05) is 45.0 Å². The van der Waals surface area contributed by atoms with Gasteiger partial charge in [0, 0.05) is 18.5 Å². The lowest BCUT2D eigenvalue weighted by Gasteiger charge is -2.14. The molecule has 1 aromatic rings. The average Bonchev–Trinajstić information content (AvgIpc) is 2.39. The molecule has 0 fully saturated rings. The van der Waals surface area contributed by atoms with Gasteiger partial charge in [-0.3, -0.25) is 9.59 Å².